The average Bonchev–Trinajstić information content (AvgIpc) is 3.37. The standard InChI is InChI=1S/C17H26N4O2/c1-3-18-17(20-12-16(22)21-14-8-9-14)19-11-10-13-6-4-5-7-15(13)23-2/h4-7,14H,3,8-12H2,1-2H3,(H,21,22)(H2,18,19,20). The van der Waals surface area contributed by atoms with Gasteiger partial charge in [-0.25, -0.2) is 4.99 Å². The maximum atomic E-state index is 11.7. The molecule has 2 rings (SSSR count). The van der Waals surface area contributed by atoms with Gasteiger partial charge >= 0.3 is 0 Å². The Morgan fingerprint density at radius 2 is 2.09 bits per heavy atom. The number of ether oxygens (including phenoxy) is 1. The molecule has 0 aliphatic heterocycles. The number of hydrogen-bond donors (Lipinski definition) is 3. The van der Waals surface area contributed by atoms with E-state index in [1.165, 1.54) is 0 Å². The van der Waals surface area contributed by atoms with Crippen molar-refractivity contribution in [2.24, 2.45) is 4.99 Å². The molecule has 0 heterocycles. The maximum absolute atomic E-state index is 11.7. The number of rotatable bonds is 8. The molecule has 23 heavy (non-hydrogen) atoms. The van der Waals surface area contributed by atoms with Gasteiger partial charge in [0.2, 0.25) is 5.91 Å². The normalized spacial score (nSPS) is 14.3. The average molecular weight is 318 g/mol. The van der Waals surface area contributed by atoms with Crippen LogP contribution in [0.1, 0.15) is 25.3 Å². The zero-order chi connectivity index (χ0) is 16.5. The highest BCUT2D eigenvalue weighted by atomic mass is 16.5. The van der Waals surface area contributed by atoms with Crippen LogP contribution in [0.15, 0.2) is 29.3 Å². The number of methoxy groups -OCH3 is 1. The molecule has 1 aromatic carbocycles. The molecule has 1 saturated carbocycles. The molecule has 0 atom stereocenters. The third-order valence-corrected chi connectivity index (χ3v) is 3.55. The molecule has 1 aliphatic carbocycles. The van der Waals surface area contributed by atoms with Gasteiger partial charge in [0.1, 0.15) is 12.3 Å². The van der Waals surface area contributed by atoms with E-state index < -0.39 is 0 Å². The lowest BCUT2D eigenvalue weighted by Crippen LogP contribution is -2.39. The van der Waals surface area contributed by atoms with E-state index in [4.69, 9.17) is 4.74 Å². The van der Waals surface area contributed by atoms with Crippen molar-refractivity contribution in [2.75, 3.05) is 26.7 Å². The SMILES string of the molecule is CCNC(=NCC(=O)NC1CC1)NCCc1ccccc1OC. The number of nitrogens with one attached hydrogen (secondary N) is 3. The molecule has 0 unspecified atom stereocenters. The quantitative estimate of drug-likeness (QED) is 0.495. The number of amides is 1. The number of carbonyl (C=O) groups is 1. The van der Waals surface area contributed by atoms with Gasteiger partial charge in [0.05, 0.1) is 7.11 Å². The molecule has 1 amide bonds. The maximum Gasteiger partial charge on any atom is 0.242 e. The Bertz CT molecular complexity index is 541. The molecule has 3 N–H and O–H groups in total. The van der Waals surface area contributed by atoms with E-state index >= 15 is 0 Å². The first-order valence-electron chi connectivity index (χ1n) is 8.16. The van der Waals surface area contributed by atoms with Crippen LogP contribution in [-0.4, -0.2) is 44.7 Å². The van der Waals surface area contributed by atoms with Gasteiger partial charge in [0.15, 0.2) is 5.96 Å². The van der Waals surface area contributed by atoms with Crippen molar-refractivity contribution in [2.45, 2.75) is 32.2 Å². The zero-order valence-corrected chi connectivity index (χ0v) is 13.9. The second-order valence-corrected chi connectivity index (χ2v) is 5.53. The minimum Gasteiger partial charge on any atom is -0.496 e. The molecule has 126 valence electrons. The lowest BCUT2D eigenvalue weighted by atomic mass is 10.1. The number of carbonyl (C=O) groups excluding carboxylic acids is 1. The van der Waals surface area contributed by atoms with Crippen molar-refractivity contribution < 1.29 is 9.53 Å². The first-order chi connectivity index (χ1) is 11.2. The van der Waals surface area contributed by atoms with Gasteiger partial charge in [-0.1, -0.05) is 18.2 Å². The molecular weight excluding hydrogens is 292 g/mol. The Morgan fingerprint density at radius 1 is 1.30 bits per heavy atom. The fraction of sp³-hybridized carbons (Fsp3) is 0.529. The summed E-state index contributed by atoms with van der Waals surface area (Å²) in [6.07, 6.45) is 3.00. The van der Waals surface area contributed by atoms with Crippen LogP contribution in [0.2, 0.25) is 0 Å². The molecule has 0 radical (unpaired) electrons. The smallest absolute Gasteiger partial charge is 0.242 e. The first-order valence-corrected chi connectivity index (χ1v) is 8.16. The third-order valence-electron chi connectivity index (χ3n) is 3.55. The van der Waals surface area contributed by atoms with Gasteiger partial charge in [-0.15, -0.1) is 0 Å². The summed E-state index contributed by atoms with van der Waals surface area (Å²) in [5.41, 5.74) is 1.14. The third kappa shape index (κ3) is 6.18. The van der Waals surface area contributed by atoms with Crippen molar-refractivity contribution in [3.05, 3.63) is 29.8 Å². The van der Waals surface area contributed by atoms with Crippen LogP contribution < -0.4 is 20.7 Å². The van der Waals surface area contributed by atoms with Gasteiger partial charge in [0.25, 0.3) is 0 Å². The summed E-state index contributed by atoms with van der Waals surface area (Å²) in [5, 5.41) is 9.33. The molecule has 0 saturated heterocycles. The van der Waals surface area contributed by atoms with Crippen LogP contribution in [0, 0.1) is 0 Å². The van der Waals surface area contributed by atoms with E-state index in [9.17, 15) is 4.79 Å². The number of aliphatic imine (C=N–C) groups is 1. The van der Waals surface area contributed by atoms with Crippen LogP contribution in [0.25, 0.3) is 0 Å². The molecular formula is C17H26N4O2. The lowest BCUT2D eigenvalue weighted by molar-refractivity contribution is -0.119. The molecule has 1 aliphatic rings. The molecule has 6 heteroatoms. The van der Waals surface area contributed by atoms with Crippen molar-refractivity contribution >= 4 is 11.9 Å². The summed E-state index contributed by atoms with van der Waals surface area (Å²) in [6.45, 7) is 3.63. The second kappa shape index (κ2) is 9.02. The van der Waals surface area contributed by atoms with E-state index in [0.717, 1.165) is 43.7 Å². The molecule has 1 aromatic rings. The predicted octanol–water partition coefficient (Wildman–Crippen LogP) is 1.07. The van der Waals surface area contributed by atoms with E-state index in [1.807, 2.05) is 31.2 Å². The monoisotopic (exact) mass is 318 g/mol. The van der Waals surface area contributed by atoms with Crippen molar-refractivity contribution in [3.63, 3.8) is 0 Å². The molecule has 1 fully saturated rings. The highest BCUT2D eigenvalue weighted by Gasteiger charge is 2.22. The number of guanidine groups is 1. The molecule has 0 spiro atoms. The van der Waals surface area contributed by atoms with Crippen molar-refractivity contribution in [1.82, 2.24) is 16.0 Å². The minimum atomic E-state index is -0.0190. The summed E-state index contributed by atoms with van der Waals surface area (Å²) in [4.78, 5) is 16.0. The van der Waals surface area contributed by atoms with Gasteiger partial charge in [-0.3, -0.25) is 4.79 Å². The summed E-state index contributed by atoms with van der Waals surface area (Å²) in [5.74, 6) is 1.53. The van der Waals surface area contributed by atoms with Gasteiger partial charge in [0, 0.05) is 19.1 Å². The number of hydrogen-bond acceptors (Lipinski definition) is 3. The molecule has 6 nitrogen and oxygen atoms in total. The van der Waals surface area contributed by atoms with Crippen molar-refractivity contribution in [3.8, 4) is 5.75 Å². The Kier molecular flexibility index (Phi) is 6.72. The van der Waals surface area contributed by atoms with Gasteiger partial charge < -0.3 is 20.7 Å². The summed E-state index contributed by atoms with van der Waals surface area (Å²) in [6, 6.07) is 8.34. The van der Waals surface area contributed by atoms with Gasteiger partial charge in [-0.2, -0.15) is 0 Å². The highest BCUT2D eigenvalue weighted by Crippen LogP contribution is 2.18. The van der Waals surface area contributed by atoms with Crippen molar-refractivity contribution in [1.29, 1.82) is 0 Å². The Labute approximate surface area is 137 Å². The van der Waals surface area contributed by atoms with Crippen LogP contribution in [0.4, 0.5) is 0 Å². The van der Waals surface area contributed by atoms with Gasteiger partial charge in [-0.05, 0) is 37.8 Å². The Morgan fingerprint density at radius 3 is 2.78 bits per heavy atom. The molecule has 0 aromatic heterocycles. The van der Waals surface area contributed by atoms with E-state index in [1.54, 1.807) is 7.11 Å². The summed E-state index contributed by atoms with van der Waals surface area (Å²) in [7, 11) is 1.68. The van der Waals surface area contributed by atoms with E-state index in [0.29, 0.717) is 12.0 Å². The number of benzene rings is 1. The zero-order valence-electron chi connectivity index (χ0n) is 13.9. The summed E-state index contributed by atoms with van der Waals surface area (Å²) < 4.78 is 5.35. The fourth-order valence-electron chi connectivity index (χ4n) is 2.22. The van der Waals surface area contributed by atoms with E-state index in [-0.39, 0.29) is 12.5 Å². The predicted molar refractivity (Wildman–Crippen MR) is 91.8 cm³/mol. The molecule has 0 bridgehead atoms. The minimum absolute atomic E-state index is 0.0190. The summed E-state index contributed by atoms with van der Waals surface area (Å²) >= 11 is 0. The lowest BCUT2D eigenvalue weighted by Gasteiger charge is -2.12. The van der Waals surface area contributed by atoms with Crippen LogP contribution in [0.3, 0.4) is 0 Å². The topological polar surface area (TPSA) is 74.8 Å². The Hall–Kier alpha value is -2.24. The van der Waals surface area contributed by atoms with Crippen LogP contribution >= 0.6 is 0 Å². The highest BCUT2D eigenvalue weighted by molar-refractivity contribution is 5.85. The largest absolute Gasteiger partial charge is 0.496 e. The number of nitrogens with zero attached hydrogens (tertiary/aromatic N) is 1. The van der Waals surface area contributed by atoms with Crippen LogP contribution in [-0.2, 0) is 11.2 Å². The second-order valence-electron chi connectivity index (χ2n) is 5.53. The van der Waals surface area contributed by atoms with Crippen LogP contribution in [0.5, 0.6) is 5.75 Å². The number of para-hydroxylation sites is 1. The first kappa shape index (κ1) is 17.1. The van der Waals surface area contributed by atoms with E-state index in [2.05, 4.69) is 20.9 Å². The fourth-order valence-corrected chi connectivity index (χ4v) is 2.22. The Balaban J connectivity index is 1.80.